The number of nitrogens with zero attached hydrogens (tertiary/aromatic N) is 1. The van der Waals surface area contributed by atoms with E-state index in [1.807, 2.05) is 13.8 Å². The van der Waals surface area contributed by atoms with Crippen LogP contribution in [-0.4, -0.2) is 16.1 Å². The molecule has 3 nitrogen and oxygen atoms in total. The fraction of sp³-hybridized carbons (Fsp3) is 0.294. The van der Waals surface area contributed by atoms with Crippen LogP contribution >= 0.6 is 0 Å². The highest BCUT2D eigenvalue weighted by atomic mass is 19.1. The Hall–Kier alpha value is -2.30. The highest BCUT2D eigenvalue weighted by molar-refractivity contribution is 5.91. The lowest BCUT2D eigenvalue weighted by molar-refractivity contribution is 0.0694. The van der Waals surface area contributed by atoms with Crippen molar-refractivity contribution in [1.29, 1.82) is 0 Å². The van der Waals surface area contributed by atoms with E-state index in [2.05, 4.69) is 4.98 Å². The standard InChI is InChI=1S/C17H17F2NO2/c1-9(2)4-12-7-15(20-10(3)16(12)17(21)22)11-5-13(18)8-14(19)6-11/h5-9H,4H2,1-3H3,(H,21,22). The Balaban J connectivity index is 2.63. The number of aryl methyl sites for hydroxylation is 1. The normalized spacial score (nSPS) is 11.0. The molecule has 0 amide bonds. The number of rotatable bonds is 4. The summed E-state index contributed by atoms with van der Waals surface area (Å²) < 4.78 is 26.7. The predicted octanol–water partition coefficient (Wildman–Crippen LogP) is 4.23. The lowest BCUT2D eigenvalue weighted by atomic mass is 9.95. The van der Waals surface area contributed by atoms with E-state index in [0.29, 0.717) is 28.9 Å². The summed E-state index contributed by atoms with van der Waals surface area (Å²) in [7, 11) is 0. The third-order valence-corrected chi connectivity index (χ3v) is 3.28. The van der Waals surface area contributed by atoms with Crippen LogP contribution in [0.15, 0.2) is 24.3 Å². The van der Waals surface area contributed by atoms with Crippen LogP contribution in [-0.2, 0) is 6.42 Å². The fourth-order valence-corrected chi connectivity index (χ4v) is 2.48. The lowest BCUT2D eigenvalue weighted by Gasteiger charge is -2.13. The first-order chi connectivity index (χ1) is 10.3. The molecule has 5 heteroatoms. The monoisotopic (exact) mass is 305 g/mol. The van der Waals surface area contributed by atoms with Crippen LogP contribution in [0.5, 0.6) is 0 Å². The summed E-state index contributed by atoms with van der Waals surface area (Å²) in [6.45, 7) is 5.54. The maximum absolute atomic E-state index is 13.4. The van der Waals surface area contributed by atoms with Gasteiger partial charge in [0.1, 0.15) is 11.6 Å². The van der Waals surface area contributed by atoms with Gasteiger partial charge in [0, 0.05) is 11.6 Å². The summed E-state index contributed by atoms with van der Waals surface area (Å²) in [5.41, 5.74) is 1.79. The van der Waals surface area contributed by atoms with E-state index in [1.165, 1.54) is 12.1 Å². The summed E-state index contributed by atoms with van der Waals surface area (Å²) in [5, 5.41) is 9.35. The second kappa shape index (κ2) is 6.22. The summed E-state index contributed by atoms with van der Waals surface area (Å²) in [6.07, 6.45) is 0.551. The van der Waals surface area contributed by atoms with Gasteiger partial charge < -0.3 is 5.11 Å². The predicted molar refractivity (Wildman–Crippen MR) is 79.8 cm³/mol. The maximum atomic E-state index is 13.4. The van der Waals surface area contributed by atoms with Gasteiger partial charge in [0.05, 0.1) is 17.0 Å². The van der Waals surface area contributed by atoms with E-state index in [4.69, 9.17) is 0 Å². The van der Waals surface area contributed by atoms with Gasteiger partial charge in [0.2, 0.25) is 0 Å². The number of carboxylic acid groups (broad SMARTS) is 1. The van der Waals surface area contributed by atoms with Gasteiger partial charge in [-0.25, -0.2) is 13.6 Å². The van der Waals surface area contributed by atoms with Gasteiger partial charge in [-0.3, -0.25) is 4.98 Å². The molecule has 1 heterocycles. The molecule has 116 valence electrons. The van der Waals surface area contributed by atoms with E-state index in [0.717, 1.165) is 6.07 Å². The molecule has 0 saturated carbocycles. The number of carboxylic acids is 1. The van der Waals surface area contributed by atoms with Crippen LogP contribution in [0.25, 0.3) is 11.3 Å². The molecule has 0 aliphatic rings. The SMILES string of the molecule is Cc1nc(-c2cc(F)cc(F)c2)cc(CC(C)C)c1C(=O)O. The molecule has 1 aromatic heterocycles. The molecule has 0 spiro atoms. The first-order valence-corrected chi connectivity index (χ1v) is 6.98. The summed E-state index contributed by atoms with van der Waals surface area (Å²) >= 11 is 0. The number of hydrogen-bond acceptors (Lipinski definition) is 2. The molecule has 1 aromatic carbocycles. The van der Waals surface area contributed by atoms with Crippen molar-refractivity contribution >= 4 is 5.97 Å². The second-order valence-electron chi connectivity index (χ2n) is 5.69. The van der Waals surface area contributed by atoms with Gasteiger partial charge in [-0.05, 0) is 43.0 Å². The number of halogens is 2. The van der Waals surface area contributed by atoms with Crippen molar-refractivity contribution in [2.75, 3.05) is 0 Å². The molecule has 0 fully saturated rings. The zero-order valence-electron chi connectivity index (χ0n) is 12.7. The summed E-state index contributed by atoms with van der Waals surface area (Å²) in [5.74, 6) is -2.18. The highest BCUT2D eigenvalue weighted by Gasteiger charge is 2.18. The Morgan fingerprint density at radius 3 is 2.27 bits per heavy atom. The topological polar surface area (TPSA) is 50.2 Å². The van der Waals surface area contributed by atoms with Crippen LogP contribution in [0.4, 0.5) is 8.78 Å². The largest absolute Gasteiger partial charge is 0.478 e. The van der Waals surface area contributed by atoms with Crippen molar-refractivity contribution in [2.24, 2.45) is 5.92 Å². The number of aromatic carboxylic acids is 1. The number of aromatic nitrogens is 1. The van der Waals surface area contributed by atoms with Gasteiger partial charge >= 0.3 is 5.97 Å². The molecular weight excluding hydrogens is 288 g/mol. The third-order valence-electron chi connectivity index (χ3n) is 3.28. The Kier molecular flexibility index (Phi) is 4.54. The maximum Gasteiger partial charge on any atom is 0.337 e. The number of hydrogen-bond donors (Lipinski definition) is 1. The Morgan fingerprint density at radius 2 is 1.77 bits per heavy atom. The molecule has 1 N–H and O–H groups in total. The zero-order chi connectivity index (χ0) is 16.4. The van der Waals surface area contributed by atoms with E-state index in [1.54, 1.807) is 13.0 Å². The minimum Gasteiger partial charge on any atom is -0.478 e. The van der Waals surface area contributed by atoms with Crippen molar-refractivity contribution in [2.45, 2.75) is 27.2 Å². The smallest absolute Gasteiger partial charge is 0.337 e. The molecule has 0 unspecified atom stereocenters. The molecule has 0 aliphatic carbocycles. The van der Waals surface area contributed by atoms with Gasteiger partial charge in [-0.1, -0.05) is 13.8 Å². The minimum absolute atomic E-state index is 0.161. The minimum atomic E-state index is -1.04. The van der Waals surface area contributed by atoms with Crippen LogP contribution in [0.2, 0.25) is 0 Å². The van der Waals surface area contributed by atoms with Gasteiger partial charge in [-0.15, -0.1) is 0 Å². The molecule has 2 rings (SSSR count). The highest BCUT2D eigenvalue weighted by Crippen LogP contribution is 2.26. The third kappa shape index (κ3) is 3.47. The summed E-state index contributed by atoms with van der Waals surface area (Å²) in [4.78, 5) is 15.6. The van der Waals surface area contributed by atoms with Crippen LogP contribution in [0.1, 0.15) is 35.5 Å². The van der Waals surface area contributed by atoms with Crippen molar-refractivity contribution in [3.8, 4) is 11.3 Å². The van der Waals surface area contributed by atoms with Crippen LogP contribution < -0.4 is 0 Å². The lowest BCUT2D eigenvalue weighted by Crippen LogP contribution is -2.10. The van der Waals surface area contributed by atoms with Crippen molar-refractivity contribution in [1.82, 2.24) is 4.98 Å². The average molecular weight is 305 g/mol. The van der Waals surface area contributed by atoms with Crippen LogP contribution in [0.3, 0.4) is 0 Å². The first-order valence-electron chi connectivity index (χ1n) is 6.98. The molecule has 22 heavy (non-hydrogen) atoms. The average Bonchev–Trinajstić information content (AvgIpc) is 2.35. The Bertz CT molecular complexity index is 707. The van der Waals surface area contributed by atoms with E-state index < -0.39 is 17.6 Å². The number of carbonyl (C=O) groups is 1. The van der Waals surface area contributed by atoms with E-state index in [-0.39, 0.29) is 11.5 Å². The molecule has 0 bridgehead atoms. The second-order valence-corrected chi connectivity index (χ2v) is 5.69. The van der Waals surface area contributed by atoms with E-state index in [9.17, 15) is 18.7 Å². The molecule has 0 atom stereocenters. The van der Waals surface area contributed by atoms with Gasteiger partial charge in [-0.2, -0.15) is 0 Å². The van der Waals surface area contributed by atoms with Crippen molar-refractivity contribution in [3.05, 3.63) is 52.7 Å². The number of benzene rings is 1. The van der Waals surface area contributed by atoms with Gasteiger partial charge in [0.25, 0.3) is 0 Å². The van der Waals surface area contributed by atoms with Gasteiger partial charge in [0.15, 0.2) is 0 Å². The van der Waals surface area contributed by atoms with Crippen molar-refractivity contribution in [3.63, 3.8) is 0 Å². The van der Waals surface area contributed by atoms with Crippen molar-refractivity contribution < 1.29 is 18.7 Å². The summed E-state index contributed by atoms with van der Waals surface area (Å²) in [6, 6.07) is 4.76. The van der Waals surface area contributed by atoms with E-state index >= 15 is 0 Å². The Labute approximate surface area is 127 Å². The quantitative estimate of drug-likeness (QED) is 0.919. The Morgan fingerprint density at radius 1 is 1.18 bits per heavy atom. The number of pyridine rings is 1. The first kappa shape index (κ1) is 16.1. The molecule has 0 aliphatic heterocycles. The van der Waals surface area contributed by atoms with Crippen LogP contribution in [0, 0.1) is 24.5 Å². The zero-order valence-corrected chi connectivity index (χ0v) is 12.7. The fourth-order valence-electron chi connectivity index (χ4n) is 2.48. The molecule has 2 aromatic rings. The molecular formula is C17H17F2NO2. The molecule has 0 radical (unpaired) electrons. The molecule has 0 saturated heterocycles.